The molecule has 2 aliphatic rings. The summed E-state index contributed by atoms with van der Waals surface area (Å²) in [5, 5.41) is 10.2. The Hall–Kier alpha value is -2.68. The van der Waals surface area contributed by atoms with Crippen LogP contribution < -0.4 is 4.74 Å². The van der Waals surface area contributed by atoms with E-state index in [0.717, 1.165) is 21.2 Å². The summed E-state index contributed by atoms with van der Waals surface area (Å²) in [6, 6.07) is 25.9. The number of ether oxygens (including phenoxy) is 1. The third-order valence-electron chi connectivity index (χ3n) is 7.98. The Morgan fingerprint density at radius 2 is 1.70 bits per heavy atom. The van der Waals surface area contributed by atoms with E-state index in [0.29, 0.717) is 36.0 Å². The molecule has 1 amide bonds. The third kappa shape index (κ3) is 4.29. The predicted octanol–water partition coefficient (Wildman–Crippen LogP) is 6.40. The number of halogens is 2. The van der Waals surface area contributed by atoms with Crippen molar-refractivity contribution in [1.29, 1.82) is 0 Å². The van der Waals surface area contributed by atoms with Gasteiger partial charge in [-0.3, -0.25) is 0 Å². The van der Waals surface area contributed by atoms with Crippen LogP contribution >= 0.6 is 38.5 Å². The van der Waals surface area contributed by atoms with Crippen molar-refractivity contribution in [1.82, 2.24) is 4.90 Å². The minimum atomic E-state index is -1.08. The first-order valence-electron chi connectivity index (χ1n) is 12.1. The molecule has 1 N–H and O–H groups in total. The van der Waals surface area contributed by atoms with Gasteiger partial charge in [-0.15, -0.1) is 0 Å². The van der Waals surface area contributed by atoms with Crippen LogP contribution in [0.1, 0.15) is 23.1 Å². The summed E-state index contributed by atoms with van der Waals surface area (Å²) in [7, 11) is 0. The van der Waals surface area contributed by atoms with Crippen LogP contribution in [0.25, 0.3) is 0 Å². The number of carbonyl (C=O) groups excluding carboxylic acids is 1. The van der Waals surface area contributed by atoms with E-state index in [1.165, 1.54) is 4.90 Å². The van der Waals surface area contributed by atoms with E-state index in [-0.39, 0.29) is 6.54 Å². The monoisotopic (exact) mass is 672 g/mol. The van der Waals surface area contributed by atoms with Crippen LogP contribution in [0, 0.1) is 5.41 Å². The molecule has 3 unspecified atom stereocenters. The van der Waals surface area contributed by atoms with Crippen LogP contribution in [0.3, 0.4) is 0 Å². The molecule has 8 heteroatoms. The molecule has 190 valence electrons. The van der Waals surface area contributed by atoms with Gasteiger partial charge < -0.3 is 14.7 Å². The second kappa shape index (κ2) is 10.2. The van der Waals surface area contributed by atoms with Crippen molar-refractivity contribution in [2.24, 2.45) is 10.4 Å². The van der Waals surface area contributed by atoms with Gasteiger partial charge in [-0.2, -0.15) is 4.99 Å². The Morgan fingerprint density at radius 3 is 2.30 bits per heavy atom. The highest BCUT2D eigenvalue weighted by atomic mass is 127. The fraction of sp³-hybridized carbons (Fsp3) is 0.310. The molecule has 5 rings (SSSR count). The molecule has 3 aromatic rings. The zero-order chi connectivity index (χ0) is 26.1. The maximum atomic E-state index is 12.4. The molecular formula is C29H26BrIN2O4. The van der Waals surface area contributed by atoms with Gasteiger partial charge in [-0.25, -0.2) is 9.59 Å². The zero-order valence-corrected chi connectivity index (χ0v) is 23.8. The summed E-state index contributed by atoms with van der Waals surface area (Å²) in [5.41, 5.74) is 0.0754. The number of likely N-dealkylation sites (tertiary alicyclic amines) is 1. The number of aliphatic imine (C=N–C) groups is 1. The Kier molecular flexibility index (Phi) is 7.18. The average Bonchev–Trinajstić information content (AvgIpc) is 2.90. The van der Waals surface area contributed by atoms with E-state index in [2.05, 4.69) is 55.6 Å². The molecule has 0 bridgehead atoms. The fourth-order valence-corrected chi connectivity index (χ4v) is 7.98. The van der Waals surface area contributed by atoms with Crippen molar-refractivity contribution in [3.8, 4) is 5.75 Å². The van der Waals surface area contributed by atoms with Crippen LogP contribution in [0.5, 0.6) is 5.75 Å². The van der Waals surface area contributed by atoms with Crippen LogP contribution in [0.2, 0.25) is 0 Å². The fourth-order valence-electron chi connectivity index (χ4n) is 6.31. The zero-order valence-electron chi connectivity index (χ0n) is 20.1. The van der Waals surface area contributed by atoms with Crippen molar-refractivity contribution < 1.29 is 19.4 Å². The number of isocyanates is 1. The Balaban J connectivity index is 1.86. The first-order chi connectivity index (χ1) is 17.9. The van der Waals surface area contributed by atoms with Crippen LogP contribution in [-0.4, -0.2) is 45.3 Å². The number of amides is 1. The quantitative estimate of drug-likeness (QED) is 0.142. The summed E-state index contributed by atoms with van der Waals surface area (Å²) < 4.78 is 8.34. The lowest BCUT2D eigenvalue weighted by atomic mass is 9.50. The van der Waals surface area contributed by atoms with Gasteiger partial charge in [0, 0.05) is 40.4 Å². The molecule has 6 nitrogen and oxygen atoms in total. The number of carboxylic acid groups (broad SMARTS) is 1. The van der Waals surface area contributed by atoms with E-state index in [9.17, 15) is 14.7 Å². The minimum Gasteiger partial charge on any atom is -0.486 e. The summed E-state index contributed by atoms with van der Waals surface area (Å²) in [6.45, 7) is 0.497. The summed E-state index contributed by atoms with van der Waals surface area (Å²) in [6.07, 6.45) is 2.39. The molecule has 37 heavy (non-hydrogen) atoms. The van der Waals surface area contributed by atoms with E-state index in [1.54, 1.807) is 0 Å². The number of hydrogen-bond donors (Lipinski definition) is 1. The largest absolute Gasteiger partial charge is 0.486 e. The molecule has 0 aliphatic carbocycles. The predicted molar refractivity (Wildman–Crippen MR) is 153 cm³/mol. The van der Waals surface area contributed by atoms with E-state index < -0.39 is 22.6 Å². The molecule has 2 heterocycles. The highest BCUT2D eigenvalue weighted by Crippen LogP contribution is 2.63. The van der Waals surface area contributed by atoms with Gasteiger partial charge in [0.25, 0.3) is 0 Å². The highest BCUT2D eigenvalue weighted by Gasteiger charge is 2.70. The maximum Gasteiger partial charge on any atom is 0.407 e. The smallest absolute Gasteiger partial charge is 0.407 e. The number of fused-ring (bicyclic) bond motifs is 2. The van der Waals surface area contributed by atoms with E-state index >= 15 is 0 Å². The molecule has 0 radical (unpaired) electrons. The lowest BCUT2D eigenvalue weighted by Gasteiger charge is -2.64. The van der Waals surface area contributed by atoms with Crippen molar-refractivity contribution in [3.63, 3.8) is 0 Å². The lowest BCUT2D eigenvalue weighted by molar-refractivity contribution is -0.160. The number of benzene rings is 3. The number of alkyl halides is 1. The topological polar surface area (TPSA) is 79.2 Å². The van der Waals surface area contributed by atoms with Gasteiger partial charge in [-0.1, -0.05) is 99.2 Å². The van der Waals surface area contributed by atoms with E-state index in [1.807, 2.05) is 72.8 Å². The molecule has 1 saturated heterocycles. The number of carbonyl (C=O) groups is 1. The summed E-state index contributed by atoms with van der Waals surface area (Å²) in [5.74, 6) is 0.669. The van der Waals surface area contributed by atoms with Crippen LogP contribution in [-0.2, 0) is 23.2 Å². The molecule has 1 fully saturated rings. The number of piperidine rings is 1. The molecule has 0 spiro atoms. The Bertz CT molecular complexity index is 1350. The average molecular weight is 673 g/mol. The number of rotatable bonds is 6. The van der Waals surface area contributed by atoms with Gasteiger partial charge in [-0.05, 0) is 35.7 Å². The van der Waals surface area contributed by atoms with Gasteiger partial charge in [0.15, 0.2) is 0 Å². The second-order valence-corrected chi connectivity index (χ2v) is 11.5. The summed E-state index contributed by atoms with van der Waals surface area (Å²) in [4.78, 5) is 30.7. The summed E-state index contributed by atoms with van der Waals surface area (Å²) >= 11 is 5.88. The first kappa shape index (κ1) is 25.9. The molecule has 0 aromatic heterocycles. The van der Waals surface area contributed by atoms with Crippen molar-refractivity contribution >= 4 is 50.7 Å². The minimum absolute atomic E-state index is 0.171. The second-order valence-electron chi connectivity index (χ2n) is 9.79. The molecule has 0 saturated carbocycles. The number of hydrogen-bond acceptors (Lipinski definition) is 4. The van der Waals surface area contributed by atoms with Gasteiger partial charge in [0.2, 0.25) is 6.08 Å². The maximum absolute atomic E-state index is 12.4. The van der Waals surface area contributed by atoms with E-state index in [4.69, 9.17) is 4.74 Å². The molecule has 3 aromatic carbocycles. The van der Waals surface area contributed by atoms with Crippen molar-refractivity contribution in [2.75, 3.05) is 17.5 Å². The molecule has 2 aliphatic heterocycles. The van der Waals surface area contributed by atoms with Gasteiger partial charge in [0.1, 0.15) is 16.9 Å². The molecular weight excluding hydrogens is 647 g/mol. The number of nitrogens with zero attached hydrogens (tertiary/aromatic N) is 2. The van der Waals surface area contributed by atoms with Crippen LogP contribution in [0.4, 0.5) is 4.79 Å². The van der Waals surface area contributed by atoms with Gasteiger partial charge >= 0.3 is 6.09 Å². The highest BCUT2D eigenvalue weighted by molar-refractivity contribution is 14.1. The standard InChI is InChI=1S/C29H26BrIN2O4/c30-23-11-12-25-24(15-23)29(18-31,32-20-34)27(16-21-7-3-1-4-8-21)19-33(26(35)36)14-13-28(27,37-25)17-22-9-5-2-6-10-22/h1-12,15H,13-14,16-19H2,(H,35,36). The Labute approximate surface area is 238 Å². The third-order valence-corrected chi connectivity index (χ3v) is 9.58. The SMILES string of the molecule is O=C=NC1(CI)c2cc(Br)ccc2OC2(Cc3ccccc3)CCN(C(=O)O)CC21Cc1ccccc1. The van der Waals surface area contributed by atoms with Crippen LogP contribution in [0.15, 0.2) is 88.3 Å². The first-order valence-corrected chi connectivity index (χ1v) is 14.4. The van der Waals surface area contributed by atoms with Crippen molar-refractivity contribution in [2.45, 2.75) is 30.4 Å². The lowest BCUT2D eigenvalue weighted by Crippen LogP contribution is -2.74. The normalized spacial score (nSPS) is 26.3. The molecule has 3 atom stereocenters. The van der Waals surface area contributed by atoms with Gasteiger partial charge in [0.05, 0.1) is 5.41 Å². The Morgan fingerprint density at radius 1 is 1.05 bits per heavy atom. The van der Waals surface area contributed by atoms with Crippen molar-refractivity contribution in [3.05, 3.63) is 100 Å².